The number of carbonyl (C=O) groups is 2. The maximum Gasteiger partial charge on any atom is 0.255 e. The van der Waals surface area contributed by atoms with E-state index in [-0.39, 0.29) is 17.7 Å². The van der Waals surface area contributed by atoms with Gasteiger partial charge in [0.15, 0.2) is 0 Å². The summed E-state index contributed by atoms with van der Waals surface area (Å²) < 4.78 is 5.75. The second-order valence-electron chi connectivity index (χ2n) is 7.09. The summed E-state index contributed by atoms with van der Waals surface area (Å²) in [6, 6.07) is 13.4. The molecule has 4 rings (SSSR count). The Morgan fingerprint density at radius 3 is 2.69 bits per heavy atom. The first-order valence-corrected chi connectivity index (χ1v) is 9.03. The van der Waals surface area contributed by atoms with Crippen molar-refractivity contribution in [1.82, 2.24) is 5.32 Å². The van der Waals surface area contributed by atoms with Crippen LogP contribution in [0.25, 0.3) is 0 Å². The van der Waals surface area contributed by atoms with Crippen molar-refractivity contribution in [1.29, 1.82) is 0 Å². The van der Waals surface area contributed by atoms with Crippen LogP contribution in [-0.2, 0) is 11.2 Å². The van der Waals surface area contributed by atoms with E-state index in [4.69, 9.17) is 4.74 Å². The molecular weight excluding hydrogens is 328 g/mol. The van der Waals surface area contributed by atoms with Crippen LogP contribution in [0.5, 0.6) is 5.75 Å². The molecule has 0 spiro atoms. The first kappa shape index (κ1) is 16.6. The first-order chi connectivity index (χ1) is 12.6. The minimum atomic E-state index is -0.176. The number of fused-ring (bicyclic) bond motifs is 1. The molecule has 2 N–H and O–H groups in total. The predicted octanol–water partition coefficient (Wildman–Crippen LogP) is 3.08. The number of amides is 2. The van der Waals surface area contributed by atoms with E-state index in [1.54, 1.807) is 0 Å². The molecule has 134 valence electrons. The number of rotatable bonds is 4. The molecular formula is C21H22N2O3. The number of nitrogens with one attached hydrogen (secondary N) is 2. The standard InChI is InChI=1S/C21H22N2O3/c1-13-4-2-3-5-18(13)21(25)23-17-8-9-19-14(11-17)10-15(12-26-19)20(24)22-16-6-7-16/h2-5,8-9,11,15-16H,6-7,10,12H2,1H3,(H,22,24)(H,23,25)/t15-/m1/s1. The van der Waals surface area contributed by atoms with Gasteiger partial charge in [0.2, 0.25) is 5.91 Å². The first-order valence-electron chi connectivity index (χ1n) is 9.03. The van der Waals surface area contributed by atoms with Crippen LogP contribution in [0.3, 0.4) is 0 Å². The number of anilines is 1. The van der Waals surface area contributed by atoms with Gasteiger partial charge in [-0.2, -0.15) is 0 Å². The van der Waals surface area contributed by atoms with Gasteiger partial charge in [0.25, 0.3) is 5.91 Å². The highest BCUT2D eigenvalue weighted by molar-refractivity contribution is 6.05. The molecule has 0 aromatic heterocycles. The predicted molar refractivity (Wildman–Crippen MR) is 99.4 cm³/mol. The van der Waals surface area contributed by atoms with E-state index >= 15 is 0 Å². The molecule has 1 heterocycles. The lowest BCUT2D eigenvalue weighted by atomic mass is 9.95. The molecule has 0 saturated heterocycles. The molecule has 2 aromatic carbocycles. The second-order valence-corrected chi connectivity index (χ2v) is 7.09. The molecule has 1 aliphatic heterocycles. The lowest BCUT2D eigenvalue weighted by Crippen LogP contribution is -2.38. The number of hydrogen-bond acceptors (Lipinski definition) is 3. The maximum absolute atomic E-state index is 12.5. The molecule has 2 aliphatic rings. The number of carbonyl (C=O) groups excluding carboxylic acids is 2. The number of aryl methyl sites for hydroxylation is 1. The summed E-state index contributed by atoms with van der Waals surface area (Å²) in [5.74, 6) is 0.537. The topological polar surface area (TPSA) is 67.4 Å². The quantitative estimate of drug-likeness (QED) is 0.890. The largest absolute Gasteiger partial charge is 0.492 e. The molecule has 0 radical (unpaired) electrons. The molecule has 1 fully saturated rings. The third kappa shape index (κ3) is 3.57. The summed E-state index contributed by atoms with van der Waals surface area (Å²) >= 11 is 0. The lowest BCUT2D eigenvalue weighted by molar-refractivity contribution is -0.126. The molecule has 2 amide bonds. The number of ether oxygens (including phenoxy) is 1. The SMILES string of the molecule is Cc1ccccc1C(=O)Nc1ccc2c(c1)C[C@@H](C(=O)NC1CC1)CO2. The van der Waals surface area contributed by atoms with Crippen molar-refractivity contribution in [2.75, 3.05) is 11.9 Å². The highest BCUT2D eigenvalue weighted by Gasteiger charge is 2.30. The van der Waals surface area contributed by atoms with Crippen molar-refractivity contribution in [3.05, 3.63) is 59.2 Å². The second kappa shape index (κ2) is 6.83. The molecule has 2 aromatic rings. The van der Waals surface area contributed by atoms with E-state index in [0.29, 0.717) is 30.3 Å². The fourth-order valence-electron chi connectivity index (χ4n) is 3.21. The van der Waals surface area contributed by atoms with Crippen molar-refractivity contribution in [2.45, 2.75) is 32.2 Å². The van der Waals surface area contributed by atoms with E-state index in [9.17, 15) is 9.59 Å². The van der Waals surface area contributed by atoms with Gasteiger partial charge in [-0.1, -0.05) is 18.2 Å². The fraction of sp³-hybridized carbons (Fsp3) is 0.333. The Labute approximate surface area is 152 Å². The van der Waals surface area contributed by atoms with Crippen molar-refractivity contribution in [3.63, 3.8) is 0 Å². The zero-order chi connectivity index (χ0) is 18.1. The van der Waals surface area contributed by atoms with Gasteiger partial charge in [-0.05, 0) is 61.6 Å². The third-order valence-electron chi connectivity index (χ3n) is 4.91. The van der Waals surface area contributed by atoms with Crippen molar-refractivity contribution < 1.29 is 14.3 Å². The molecule has 0 unspecified atom stereocenters. The average molecular weight is 350 g/mol. The Morgan fingerprint density at radius 2 is 1.92 bits per heavy atom. The van der Waals surface area contributed by atoms with Crippen LogP contribution in [-0.4, -0.2) is 24.5 Å². The summed E-state index contributed by atoms with van der Waals surface area (Å²) in [5, 5.41) is 5.98. The highest BCUT2D eigenvalue weighted by Crippen LogP contribution is 2.31. The minimum Gasteiger partial charge on any atom is -0.492 e. The van der Waals surface area contributed by atoms with Crippen LogP contribution in [0.15, 0.2) is 42.5 Å². The summed E-state index contributed by atoms with van der Waals surface area (Å²) in [7, 11) is 0. The van der Waals surface area contributed by atoms with Crippen LogP contribution in [0.4, 0.5) is 5.69 Å². The highest BCUT2D eigenvalue weighted by atomic mass is 16.5. The van der Waals surface area contributed by atoms with E-state index in [2.05, 4.69) is 10.6 Å². The van der Waals surface area contributed by atoms with E-state index in [1.165, 1.54) is 0 Å². The lowest BCUT2D eigenvalue weighted by Gasteiger charge is -2.25. The van der Waals surface area contributed by atoms with Crippen molar-refractivity contribution >= 4 is 17.5 Å². The Morgan fingerprint density at radius 1 is 1.12 bits per heavy atom. The number of hydrogen-bond donors (Lipinski definition) is 2. The van der Waals surface area contributed by atoms with Crippen molar-refractivity contribution in [2.24, 2.45) is 5.92 Å². The molecule has 26 heavy (non-hydrogen) atoms. The Kier molecular flexibility index (Phi) is 4.37. The average Bonchev–Trinajstić information content (AvgIpc) is 3.45. The monoisotopic (exact) mass is 350 g/mol. The van der Waals surface area contributed by atoms with Crippen molar-refractivity contribution in [3.8, 4) is 5.75 Å². The molecule has 0 bridgehead atoms. The fourth-order valence-corrected chi connectivity index (χ4v) is 3.21. The molecule has 1 atom stereocenters. The van der Waals surface area contributed by atoms with E-state index < -0.39 is 0 Å². The van der Waals surface area contributed by atoms with Gasteiger partial charge in [0.05, 0.1) is 5.92 Å². The van der Waals surface area contributed by atoms with Gasteiger partial charge in [-0.3, -0.25) is 9.59 Å². The summed E-state index contributed by atoms with van der Waals surface area (Å²) in [4.78, 5) is 24.8. The Bertz CT molecular complexity index is 858. The van der Waals surface area contributed by atoms with Gasteiger partial charge in [-0.15, -0.1) is 0 Å². The molecule has 5 heteroatoms. The van der Waals surface area contributed by atoms with Crippen LogP contribution in [0.1, 0.15) is 34.3 Å². The van der Waals surface area contributed by atoms with Gasteiger partial charge in [0, 0.05) is 17.3 Å². The minimum absolute atomic E-state index is 0.0625. The van der Waals surface area contributed by atoms with E-state index in [0.717, 1.165) is 29.7 Å². The van der Waals surface area contributed by atoms with Crippen LogP contribution >= 0.6 is 0 Å². The van der Waals surface area contributed by atoms with E-state index in [1.807, 2.05) is 49.4 Å². The molecule has 1 saturated carbocycles. The van der Waals surface area contributed by atoms with Gasteiger partial charge < -0.3 is 15.4 Å². The zero-order valence-corrected chi connectivity index (χ0v) is 14.7. The Balaban J connectivity index is 1.47. The summed E-state index contributed by atoms with van der Waals surface area (Å²) in [6.07, 6.45) is 2.78. The smallest absolute Gasteiger partial charge is 0.255 e. The van der Waals surface area contributed by atoms with Gasteiger partial charge >= 0.3 is 0 Å². The van der Waals surface area contributed by atoms with Gasteiger partial charge in [-0.25, -0.2) is 0 Å². The van der Waals surface area contributed by atoms with Crippen LogP contribution < -0.4 is 15.4 Å². The van der Waals surface area contributed by atoms with Gasteiger partial charge in [0.1, 0.15) is 12.4 Å². The summed E-state index contributed by atoms with van der Waals surface area (Å²) in [5.41, 5.74) is 3.25. The van der Waals surface area contributed by atoms with Crippen LogP contribution in [0.2, 0.25) is 0 Å². The number of benzene rings is 2. The third-order valence-corrected chi connectivity index (χ3v) is 4.91. The summed E-state index contributed by atoms with van der Waals surface area (Å²) in [6.45, 7) is 2.32. The zero-order valence-electron chi connectivity index (χ0n) is 14.7. The van der Waals surface area contributed by atoms with Crippen LogP contribution in [0, 0.1) is 12.8 Å². The maximum atomic E-state index is 12.5. The molecule has 5 nitrogen and oxygen atoms in total. The molecule has 1 aliphatic carbocycles. The normalized spacial score (nSPS) is 18.4. The Hall–Kier alpha value is -2.82.